The van der Waals surface area contributed by atoms with Crippen molar-refractivity contribution in [1.82, 2.24) is 14.5 Å². The van der Waals surface area contributed by atoms with Gasteiger partial charge >= 0.3 is 8.02 Å². The van der Waals surface area contributed by atoms with E-state index >= 15 is 0 Å². The third-order valence-electron chi connectivity index (χ3n) is 3.90. The fourth-order valence-corrected chi connectivity index (χ4v) is 5.39. The lowest BCUT2D eigenvalue weighted by Crippen LogP contribution is -2.48. The normalized spacial score (nSPS) is 20.0. The molecule has 0 N–H and O–H groups in total. The summed E-state index contributed by atoms with van der Waals surface area (Å²) in [4.78, 5) is 25.4. The van der Waals surface area contributed by atoms with Crippen LogP contribution in [0.5, 0.6) is 5.75 Å². The van der Waals surface area contributed by atoms with Crippen LogP contribution in [0.1, 0.15) is 11.3 Å². The van der Waals surface area contributed by atoms with Crippen LogP contribution in [0.25, 0.3) is 0 Å². The number of fused-ring (bicyclic) bond motifs is 1. The lowest BCUT2D eigenvalue weighted by atomic mass is 10.2. The quantitative estimate of drug-likeness (QED) is 0.487. The minimum atomic E-state index is -3.50. The van der Waals surface area contributed by atoms with Crippen LogP contribution >= 0.6 is 31.2 Å². The van der Waals surface area contributed by atoms with Crippen LogP contribution in [0, 0.1) is 0 Å². The Kier molecular flexibility index (Phi) is 7.06. The van der Waals surface area contributed by atoms with Crippen LogP contribution in [0.2, 0.25) is 0 Å². The third-order valence-corrected chi connectivity index (χ3v) is 6.61. The van der Waals surface area contributed by atoms with E-state index in [1.54, 1.807) is 23.0 Å². The highest BCUT2D eigenvalue weighted by atomic mass is 35.5. The minimum Gasteiger partial charge on any atom is -0.617 e. The fourth-order valence-electron chi connectivity index (χ4n) is 2.62. The molecule has 0 amide bonds. The minimum absolute atomic E-state index is 0.251. The van der Waals surface area contributed by atoms with E-state index in [0.717, 1.165) is 5.56 Å². The first-order chi connectivity index (χ1) is 12.7. The van der Waals surface area contributed by atoms with Crippen molar-refractivity contribution in [1.29, 1.82) is 0 Å². The molecule has 2 aromatic rings. The van der Waals surface area contributed by atoms with E-state index < -0.39 is 8.02 Å². The SMILES string of the molecule is [O-][P+]1(N(CCCl)CCCl)Oc2cccnc2CN1OCc1ccccc1. The van der Waals surface area contributed by atoms with Gasteiger partial charge in [0.25, 0.3) is 0 Å². The van der Waals surface area contributed by atoms with Gasteiger partial charge < -0.3 is 9.42 Å². The molecule has 9 heteroatoms. The van der Waals surface area contributed by atoms with E-state index in [1.807, 2.05) is 30.3 Å². The van der Waals surface area contributed by atoms with Gasteiger partial charge in [-0.05, 0) is 22.5 Å². The first kappa shape index (κ1) is 19.8. The van der Waals surface area contributed by atoms with E-state index in [1.165, 1.54) is 4.83 Å². The van der Waals surface area contributed by atoms with Crippen molar-refractivity contribution in [2.45, 2.75) is 13.2 Å². The second-order valence-electron chi connectivity index (χ2n) is 5.63. The maximum Gasteiger partial charge on any atom is 0.327 e. The van der Waals surface area contributed by atoms with Crippen molar-refractivity contribution >= 4 is 31.2 Å². The van der Waals surface area contributed by atoms with E-state index in [-0.39, 0.29) is 13.2 Å². The number of benzene rings is 1. The molecule has 0 aliphatic carbocycles. The number of aromatic nitrogens is 1. The molecule has 3 rings (SSSR count). The highest BCUT2D eigenvalue weighted by molar-refractivity contribution is 7.59. The molecule has 6 nitrogen and oxygen atoms in total. The standard InChI is InChI=1S/C17H20Cl2N3O3P/c18-8-11-21(12-9-19)26(23)22(24-14-15-5-2-1-3-6-15)13-16-17(25-26)7-4-10-20-16/h1-7,10H,8-9,11-14H2. The number of halogens is 2. The van der Waals surface area contributed by atoms with Crippen molar-refractivity contribution in [3.8, 4) is 5.75 Å². The van der Waals surface area contributed by atoms with E-state index in [0.29, 0.717) is 36.3 Å². The Labute approximate surface area is 163 Å². The van der Waals surface area contributed by atoms with Crippen LogP contribution in [0.4, 0.5) is 0 Å². The smallest absolute Gasteiger partial charge is 0.327 e. The van der Waals surface area contributed by atoms with Gasteiger partial charge in [0.05, 0.1) is 19.7 Å². The molecule has 0 saturated carbocycles. The first-order valence-electron chi connectivity index (χ1n) is 8.23. The van der Waals surface area contributed by atoms with Crippen LogP contribution < -0.4 is 9.42 Å². The van der Waals surface area contributed by atoms with Crippen LogP contribution in [0.3, 0.4) is 0 Å². The summed E-state index contributed by atoms with van der Waals surface area (Å²) in [6.45, 7) is 1.26. The van der Waals surface area contributed by atoms with Gasteiger partial charge in [-0.1, -0.05) is 30.3 Å². The van der Waals surface area contributed by atoms with E-state index in [4.69, 9.17) is 32.6 Å². The topological polar surface area (TPSA) is 60.9 Å². The molecule has 1 aromatic heterocycles. The third kappa shape index (κ3) is 4.46. The number of alkyl halides is 2. The molecule has 1 atom stereocenters. The second-order valence-corrected chi connectivity index (χ2v) is 8.56. The van der Waals surface area contributed by atoms with Gasteiger partial charge in [-0.2, -0.15) is 0 Å². The zero-order valence-electron chi connectivity index (χ0n) is 14.1. The predicted octanol–water partition coefficient (Wildman–Crippen LogP) is 3.23. The summed E-state index contributed by atoms with van der Waals surface area (Å²) in [6.07, 6.45) is 1.67. The van der Waals surface area contributed by atoms with E-state index in [2.05, 4.69) is 4.98 Å². The summed E-state index contributed by atoms with van der Waals surface area (Å²) in [6, 6.07) is 13.2. The predicted molar refractivity (Wildman–Crippen MR) is 102 cm³/mol. The van der Waals surface area contributed by atoms with Crippen LogP contribution in [-0.4, -0.2) is 39.3 Å². The molecule has 0 fully saturated rings. The molecular weight excluding hydrogens is 396 g/mol. The zero-order chi connectivity index (χ0) is 18.4. The number of nitrogens with zero attached hydrogens (tertiary/aromatic N) is 3. The van der Waals surface area contributed by atoms with Crippen molar-refractivity contribution in [2.24, 2.45) is 0 Å². The van der Waals surface area contributed by atoms with Gasteiger partial charge in [-0.3, -0.25) is 9.82 Å². The highest BCUT2D eigenvalue weighted by Gasteiger charge is 2.50. The first-order valence-corrected chi connectivity index (χ1v) is 10.8. The van der Waals surface area contributed by atoms with Crippen molar-refractivity contribution < 1.29 is 14.3 Å². The molecule has 0 saturated heterocycles. The van der Waals surface area contributed by atoms with Gasteiger partial charge in [-0.15, -0.1) is 27.9 Å². The lowest BCUT2D eigenvalue weighted by Gasteiger charge is -2.44. The molecule has 0 radical (unpaired) electrons. The maximum absolute atomic E-state index is 13.8. The number of pyridine rings is 1. The molecule has 2 heterocycles. The molecule has 26 heavy (non-hydrogen) atoms. The van der Waals surface area contributed by atoms with Crippen LogP contribution in [0.15, 0.2) is 48.7 Å². The average molecular weight is 416 g/mol. The Bertz CT molecular complexity index is 707. The van der Waals surface area contributed by atoms with Gasteiger partial charge in [0, 0.05) is 18.0 Å². The largest absolute Gasteiger partial charge is 0.617 e. The lowest BCUT2D eigenvalue weighted by molar-refractivity contribution is -0.257. The van der Waals surface area contributed by atoms with Gasteiger partial charge in [0.2, 0.25) is 5.75 Å². The number of hydrogen-bond acceptors (Lipinski definition) is 6. The van der Waals surface area contributed by atoms with Crippen molar-refractivity contribution in [3.63, 3.8) is 0 Å². The summed E-state index contributed by atoms with van der Waals surface area (Å²) >= 11 is 11.8. The van der Waals surface area contributed by atoms with Gasteiger partial charge in [0.1, 0.15) is 12.2 Å². The zero-order valence-corrected chi connectivity index (χ0v) is 16.5. The Morgan fingerprint density at radius 2 is 1.88 bits per heavy atom. The Balaban J connectivity index is 1.86. The second kappa shape index (κ2) is 9.29. The van der Waals surface area contributed by atoms with Crippen molar-refractivity contribution in [2.75, 3.05) is 24.8 Å². The summed E-state index contributed by atoms with van der Waals surface area (Å²) in [5.41, 5.74) is 1.64. The Hall–Kier alpha value is -0.980. The molecule has 1 aromatic carbocycles. The molecular formula is C17H20Cl2N3O3P. The molecule has 1 aliphatic heterocycles. The summed E-state index contributed by atoms with van der Waals surface area (Å²) in [7, 11) is -3.50. The molecule has 0 spiro atoms. The Morgan fingerprint density at radius 1 is 1.15 bits per heavy atom. The molecule has 140 valence electrons. The maximum atomic E-state index is 13.8. The number of hydrogen-bond donors (Lipinski definition) is 0. The molecule has 0 bridgehead atoms. The van der Waals surface area contributed by atoms with Gasteiger partial charge in [-0.25, -0.2) is 0 Å². The number of hydroxylamine groups is 1. The summed E-state index contributed by atoms with van der Waals surface area (Å²) in [5, 5.41) is 0. The highest BCUT2D eigenvalue weighted by Crippen LogP contribution is 2.61. The molecule has 1 aliphatic rings. The van der Waals surface area contributed by atoms with E-state index in [9.17, 15) is 4.89 Å². The summed E-state index contributed by atoms with van der Waals surface area (Å²) < 4.78 is 7.54. The molecule has 1 unspecified atom stereocenters. The average Bonchev–Trinajstić information content (AvgIpc) is 2.67. The van der Waals surface area contributed by atoms with Crippen molar-refractivity contribution in [3.05, 3.63) is 59.9 Å². The van der Waals surface area contributed by atoms with Crippen LogP contribution in [-0.2, 0) is 18.0 Å². The Morgan fingerprint density at radius 3 is 2.58 bits per heavy atom. The number of rotatable bonds is 8. The summed E-state index contributed by atoms with van der Waals surface area (Å²) in [5.74, 6) is 1.09. The monoisotopic (exact) mass is 415 g/mol. The fraction of sp³-hybridized carbons (Fsp3) is 0.353. The van der Waals surface area contributed by atoms with Gasteiger partial charge in [0.15, 0.2) is 0 Å².